The maximum atomic E-state index is 12.4. The Morgan fingerprint density at radius 1 is 1.13 bits per heavy atom. The number of ether oxygens (including phenoxy) is 2. The fourth-order valence-corrected chi connectivity index (χ4v) is 3.71. The Morgan fingerprint density at radius 3 is 2.71 bits per heavy atom. The Morgan fingerprint density at radius 2 is 1.94 bits per heavy atom. The van der Waals surface area contributed by atoms with Gasteiger partial charge in [0.25, 0.3) is 0 Å². The first kappa shape index (κ1) is 21.0. The van der Waals surface area contributed by atoms with Gasteiger partial charge in [-0.05, 0) is 57.0 Å². The van der Waals surface area contributed by atoms with Gasteiger partial charge in [-0.3, -0.25) is 4.98 Å². The van der Waals surface area contributed by atoms with E-state index in [-0.39, 0.29) is 12.1 Å². The Bertz CT molecular complexity index is 1050. The minimum Gasteiger partial charge on any atom is -0.487 e. The molecular weight excluding hydrogens is 390 g/mol. The second kappa shape index (κ2) is 8.84. The number of hydrogen-bond acceptors (Lipinski definition) is 5. The van der Waals surface area contributed by atoms with Gasteiger partial charge >= 0.3 is 6.09 Å². The third-order valence-electron chi connectivity index (χ3n) is 5.17. The van der Waals surface area contributed by atoms with Crippen LogP contribution in [0.25, 0.3) is 10.9 Å². The second-order valence-corrected chi connectivity index (χ2v) is 8.84. The average molecular weight is 420 g/mol. The number of rotatable bonds is 5. The van der Waals surface area contributed by atoms with Crippen LogP contribution < -0.4 is 10.1 Å². The number of anilines is 1. The highest BCUT2D eigenvalue weighted by molar-refractivity contribution is 5.95. The molecule has 3 aromatic rings. The largest absolute Gasteiger partial charge is 0.487 e. The summed E-state index contributed by atoms with van der Waals surface area (Å²) in [6.45, 7) is 7.45. The predicted molar refractivity (Wildman–Crippen MR) is 122 cm³/mol. The molecule has 1 atom stereocenters. The van der Waals surface area contributed by atoms with Gasteiger partial charge in [0.15, 0.2) is 0 Å². The Hall–Kier alpha value is -3.28. The number of aromatic nitrogens is 1. The fourth-order valence-electron chi connectivity index (χ4n) is 3.71. The minimum absolute atomic E-state index is 0.159. The maximum Gasteiger partial charge on any atom is 0.410 e. The molecule has 162 valence electrons. The number of carbonyl (C=O) groups excluding carboxylic acids is 1. The molecule has 1 saturated heterocycles. The molecule has 2 heterocycles. The fraction of sp³-hybridized carbons (Fsp3) is 0.360. The number of likely N-dealkylation sites (tertiary alicyclic amines) is 1. The molecule has 1 unspecified atom stereocenters. The van der Waals surface area contributed by atoms with Crippen LogP contribution in [0.5, 0.6) is 5.75 Å². The van der Waals surface area contributed by atoms with E-state index in [1.165, 1.54) is 0 Å². The summed E-state index contributed by atoms with van der Waals surface area (Å²) in [6, 6.07) is 18.2. The van der Waals surface area contributed by atoms with Gasteiger partial charge in [-0.25, -0.2) is 4.79 Å². The summed E-state index contributed by atoms with van der Waals surface area (Å²) < 4.78 is 11.6. The molecule has 0 saturated carbocycles. The quantitative estimate of drug-likeness (QED) is 0.613. The molecule has 1 fully saturated rings. The predicted octanol–water partition coefficient (Wildman–Crippen LogP) is 5.24. The van der Waals surface area contributed by atoms with Crippen LogP contribution in [0.15, 0.2) is 60.8 Å². The first-order chi connectivity index (χ1) is 14.9. The molecule has 1 aromatic heterocycles. The standard InChI is InChI=1S/C25H29N3O3/c1-25(2,3)31-24(29)28-15-13-19(16-28)27-21-11-12-22(23-20(21)10-7-14-26-23)30-17-18-8-5-4-6-9-18/h4-12,14,19,27H,13,15-17H2,1-3H3. The van der Waals surface area contributed by atoms with E-state index in [4.69, 9.17) is 9.47 Å². The molecule has 6 nitrogen and oxygen atoms in total. The molecule has 6 heteroatoms. The number of benzene rings is 2. The van der Waals surface area contributed by atoms with Crippen LogP contribution in [0, 0.1) is 0 Å². The third kappa shape index (κ3) is 5.26. The highest BCUT2D eigenvalue weighted by Gasteiger charge is 2.30. The SMILES string of the molecule is CC(C)(C)OC(=O)N1CCC(Nc2ccc(OCc3ccccc3)c3ncccc23)C1. The Balaban J connectivity index is 1.46. The topological polar surface area (TPSA) is 63.7 Å². The van der Waals surface area contributed by atoms with Crippen LogP contribution in [-0.4, -0.2) is 40.7 Å². The van der Waals surface area contributed by atoms with Crippen LogP contribution in [-0.2, 0) is 11.3 Å². The lowest BCUT2D eigenvalue weighted by Gasteiger charge is -2.24. The summed E-state index contributed by atoms with van der Waals surface area (Å²) >= 11 is 0. The number of carbonyl (C=O) groups is 1. The van der Waals surface area contributed by atoms with Crippen molar-refractivity contribution in [2.75, 3.05) is 18.4 Å². The van der Waals surface area contributed by atoms with Crippen LogP contribution >= 0.6 is 0 Å². The van der Waals surface area contributed by atoms with E-state index < -0.39 is 5.60 Å². The number of hydrogen-bond donors (Lipinski definition) is 1. The second-order valence-electron chi connectivity index (χ2n) is 8.84. The van der Waals surface area contributed by atoms with Gasteiger partial charge < -0.3 is 19.7 Å². The van der Waals surface area contributed by atoms with Gasteiger partial charge in [-0.15, -0.1) is 0 Å². The van der Waals surface area contributed by atoms with E-state index in [0.29, 0.717) is 19.7 Å². The normalized spacial score (nSPS) is 16.4. The average Bonchev–Trinajstić information content (AvgIpc) is 3.22. The molecule has 1 N–H and O–H groups in total. The molecule has 0 bridgehead atoms. The molecule has 1 aliphatic heterocycles. The van der Waals surface area contributed by atoms with Crippen LogP contribution in [0.4, 0.5) is 10.5 Å². The van der Waals surface area contributed by atoms with Crippen molar-refractivity contribution >= 4 is 22.7 Å². The number of pyridine rings is 1. The van der Waals surface area contributed by atoms with E-state index in [2.05, 4.69) is 10.3 Å². The number of nitrogens with zero attached hydrogens (tertiary/aromatic N) is 2. The van der Waals surface area contributed by atoms with Gasteiger partial charge in [0.1, 0.15) is 23.5 Å². The molecule has 1 aliphatic rings. The van der Waals surface area contributed by atoms with E-state index in [1.54, 1.807) is 11.1 Å². The zero-order chi connectivity index (χ0) is 21.8. The van der Waals surface area contributed by atoms with E-state index in [9.17, 15) is 4.79 Å². The number of fused-ring (bicyclic) bond motifs is 1. The van der Waals surface area contributed by atoms with Crippen LogP contribution in [0.1, 0.15) is 32.8 Å². The summed E-state index contributed by atoms with van der Waals surface area (Å²) in [5.74, 6) is 0.756. The maximum absolute atomic E-state index is 12.4. The van der Waals surface area contributed by atoms with Gasteiger partial charge in [-0.1, -0.05) is 30.3 Å². The van der Waals surface area contributed by atoms with Gasteiger partial charge in [0, 0.05) is 36.4 Å². The molecule has 4 rings (SSSR count). The number of nitrogens with one attached hydrogen (secondary N) is 1. The molecule has 0 radical (unpaired) electrons. The van der Waals surface area contributed by atoms with E-state index in [0.717, 1.165) is 34.3 Å². The van der Waals surface area contributed by atoms with Crippen molar-refractivity contribution in [1.82, 2.24) is 9.88 Å². The van der Waals surface area contributed by atoms with Crippen molar-refractivity contribution in [1.29, 1.82) is 0 Å². The summed E-state index contributed by atoms with van der Waals surface area (Å²) in [5, 5.41) is 4.59. The zero-order valence-electron chi connectivity index (χ0n) is 18.3. The molecular formula is C25H29N3O3. The third-order valence-corrected chi connectivity index (χ3v) is 5.17. The highest BCUT2D eigenvalue weighted by atomic mass is 16.6. The smallest absolute Gasteiger partial charge is 0.410 e. The molecule has 2 aromatic carbocycles. The van der Waals surface area contributed by atoms with Crippen LogP contribution in [0.3, 0.4) is 0 Å². The highest BCUT2D eigenvalue weighted by Crippen LogP contribution is 2.32. The van der Waals surface area contributed by atoms with E-state index >= 15 is 0 Å². The van der Waals surface area contributed by atoms with Crippen molar-refractivity contribution in [2.45, 2.75) is 45.4 Å². The Labute approximate surface area is 183 Å². The first-order valence-corrected chi connectivity index (χ1v) is 10.7. The molecule has 1 amide bonds. The van der Waals surface area contributed by atoms with Gasteiger partial charge in [0.2, 0.25) is 0 Å². The lowest BCUT2D eigenvalue weighted by Crippen LogP contribution is -2.36. The lowest BCUT2D eigenvalue weighted by atomic mass is 10.1. The van der Waals surface area contributed by atoms with Crippen molar-refractivity contribution in [3.63, 3.8) is 0 Å². The van der Waals surface area contributed by atoms with Crippen molar-refractivity contribution in [2.24, 2.45) is 0 Å². The molecule has 0 spiro atoms. The summed E-state index contributed by atoms with van der Waals surface area (Å²) in [5.41, 5.74) is 2.44. The van der Waals surface area contributed by atoms with Gasteiger partial charge in [0.05, 0.1) is 0 Å². The summed E-state index contributed by atoms with van der Waals surface area (Å²) in [4.78, 5) is 18.7. The van der Waals surface area contributed by atoms with Crippen molar-refractivity contribution in [3.05, 3.63) is 66.4 Å². The van der Waals surface area contributed by atoms with Crippen molar-refractivity contribution < 1.29 is 14.3 Å². The summed E-state index contributed by atoms with van der Waals surface area (Å²) in [6.07, 6.45) is 2.39. The van der Waals surface area contributed by atoms with E-state index in [1.807, 2.05) is 75.4 Å². The first-order valence-electron chi connectivity index (χ1n) is 10.7. The minimum atomic E-state index is -0.486. The Kier molecular flexibility index (Phi) is 5.98. The summed E-state index contributed by atoms with van der Waals surface area (Å²) in [7, 11) is 0. The van der Waals surface area contributed by atoms with Gasteiger partial charge in [-0.2, -0.15) is 0 Å². The lowest BCUT2D eigenvalue weighted by molar-refractivity contribution is 0.0293. The monoisotopic (exact) mass is 419 g/mol. The number of amides is 1. The zero-order valence-corrected chi connectivity index (χ0v) is 18.3. The molecule has 31 heavy (non-hydrogen) atoms. The van der Waals surface area contributed by atoms with Crippen molar-refractivity contribution in [3.8, 4) is 5.75 Å². The van der Waals surface area contributed by atoms with Crippen LogP contribution in [0.2, 0.25) is 0 Å². The molecule has 0 aliphatic carbocycles.